The molecule has 3 rings (SSSR count). The van der Waals surface area contributed by atoms with E-state index in [4.69, 9.17) is 0 Å². The summed E-state index contributed by atoms with van der Waals surface area (Å²) in [4.78, 5) is 22.9. The molecule has 0 atom stereocenters. The molecule has 0 unspecified atom stereocenters. The molecule has 1 aliphatic heterocycles. The third-order valence-corrected chi connectivity index (χ3v) is 4.43. The maximum Gasteiger partial charge on any atom is 0.227 e. The molecule has 0 aliphatic carbocycles. The first-order valence-corrected chi connectivity index (χ1v) is 9.00. The van der Waals surface area contributed by atoms with Gasteiger partial charge >= 0.3 is 0 Å². The van der Waals surface area contributed by atoms with Crippen molar-refractivity contribution >= 4 is 41.5 Å². The first kappa shape index (κ1) is 21.1. The number of halogens is 1. The number of guanidine groups is 1. The summed E-state index contributed by atoms with van der Waals surface area (Å²) in [6, 6.07) is 14.0. The van der Waals surface area contributed by atoms with Gasteiger partial charge in [0.1, 0.15) is 0 Å². The van der Waals surface area contributed by atoms with E-state index >= 15 is 0 Å². The normalized spacial score (nSPS) is 12.9. The van der Waals surface area contributed by atoms with Gasteiger partial charge in [0, 0.05) is 38.4 Å². The monoisotopic (exact) mass is 479 g/mol. The summed E-state index contributed by atoms with van der Waals surface area (Å²) in [5.41, 5.74) is 3.29. The molecule has 1 aromatic carbocycles. The SMILES string of the molecule is CN=C(NCCCC(=O)N1CCc2ccccc21)NCc1ccccn1.I. The Balaban J connectivity index is 0.00000261. The fraction of sp³-hybridized carbons (Fsp3) is 0.350. The van der Waals surface area contributed by atoms with Crippen LogP contribution in [0.15, 0.2) is 53.7 Å². The maximum absolute atomic E-state index is 12.5. The molecule has 1 aromatic heterocycles. The van der Waals surface area contributed by atoms with Gasteiger partial charge in [0.05, 0.1) is 12.2 Å². The Morgan fingerprint density at radius 3 is 2.78 bits per heavy atom. The molecule has 7 heteroatoms. The average Bonchev–Trinajstić information content (AvgIpc) is 3.12. The van der Waals surface area contributed by atoms with Crippen LogP contribution in [0.5, 0.6) is 0 Å². The summed E-state index contributed by atoms with van der Waals surface area (Å²) >= 11 is 0. The van der Waals surface area contributed by atoms with E-state index in [9.17, 15) is 4.79 Å². The largest absolute Gasteiger partial charge is 0.356 e. The second kappa shape index (κ2) is 10.9. The van der Waals surface area contributed by atoms with Crippen LogP contribution in [0.2, 0.25) is 0 Å². The molecule has 27 heavy (non-hydrogen) atoms. The van der Waals surface area contributed by atoms with Crippen LogP contribution >= 0.6 is 24.0 Å². The van der Waals surface area contributed by atoms with Crippen molar-refractivity contribution in [1.82, 2.24) is 15.6 Å². The number of para-hydroxylation sites is 1. The molecule has 6 nitrogen and oxygen atoms in total. The quantitative estimate of drug-likeness (QED) is 0.290. The number of hydrogen-bond acceptors (Lipinski definition) is 3. The highest BCUT2D eigenvalue weighted by Gasteiger charge is 2.23. The van der Waals surface area contributed by atoms with Crippen molar-refractivity contribution in [2.75, 3.05) is 25.0 Å². The Hall–Kier alpha value is -2.16. The van der Waals surface area contributed by atoms with Gasteiger partial charge in [-0.05, 0) is 36.6 Å². The van der Waals surface area contributed by atoms with Gasteiger partial charge < -0.3 is 15.5 Å². The van der Waals surface area contributed by atoms with Crippen LogP contribution in [0, 0.1) is 0 Å². The molecule has 0 radical (unpaired) electrons. The van der Waals surface area contributed by atoms with Gasteiger partial charge in [0.2, 0.25) is 5.91 Å². The summed E-state index contributed by atoms with van der Waals surface area (Å²) in [5.74, 6) is 0.905. The van der Waals surface area contributed by atoms with Gasteiger partial charge in [-0.15, -0.1) is 24.0 Å². The van der Waals surface area contributed by atoms with Crippen molar-refractivity contribution in [1.29, 1.82) is 0 Å². The van der Waals surface area contributed by atoms with Gasteiger partial charge in [-0.2, -0.15) is 0 Å². The summed E-state index contributed by atoms with van der Waals surface area (Å²) in [7, 11) is 1.74. The predicted octanol–water partition coefficient (Wildman–Crippen LogP) is 2.73. The molecule has 0 saturated heterocycles. The Morgan fingerprint density at radius 2 is 2.00 bits per heavy atom. The highest BCUT2D eigenvalue weighted by atomic mass is 127. The lowest BCUT2D eigenvalue weighted by molar-refractivity contribution is -0.118. The zero-order chi connectivity index (χ0) is 18.2. The van der Waals surface area contributed by atoms with Crippen molar-refractivity contribution in [3.8, 4) is 0 Å². The van der Waals surface area contributed by atoms with Gasteiger partial charge in [0.25, 0.3) is 0 Å². The number of amides is 1. The van der Waals surface area contributed by atoms with E-state index in [2.05, 4.69) is 26.7 Å². The molecule has 1 amide bonds. The van der Waals surface area contributed by atoms with Crippen LogP contribution in [0.25, 0.3) is 0 Å². The average molecular weight is 479 g/mol. The summed E-state index contributed by atoms with van der Waals surface area (Å²) in [5, 5.41) is 6.47. The summed E-state index contributed by atoms with van der Waals surface area (Å²) in [6.45, 7) is 2.10. The highest BCUT2D eigenvalue weighted by Crippen LogP contribution is 2.27. The number of hydrogen-bond donors (Lipinski definition) is 2. The fourth-order valence-corrected chi connectivity index (χ4v) is 3.08. The van der Waals surface area contributed by atoms with Crippen LogP contribution in [-0.2, 0) is 17.8 Å². The number of fused-ring (bicyclic) bond motifs is 1. The molecular weight excluding hydrogens is 453 g/mol. The Morgan fingerprint density at radius 1 is 1.19 bits per heavy atom. The van der Waals surface area contributed by atoms with E-state index in [1.165, 1.54) is 5.56 Å². The molecule has 0 spiro atoms. The van der Waals surface area contributed by atoms with E-state index < -0.39 is 0 Å². The number of benzene rings is 1. The molecular formula is C20H26IN5O. The van der Waals surface area contributed by atoms with Gasteiger partial charge in [-0.1, -0.05) is 24.3 Å². The van der Waals surface area contributed by atoms with Crippen LogP contribution in [0.4, 0.5) is 5.69 Å². The number of nitrogens with zero attached hydrogens (tertiary/aromatic N) is 3. The summed E-state index contributed by atoms with van der Waals surface area (Å²) in [6.07, 6.45) is 4.01. The van der Waals surface area contributed by atoms with Crippen LogP contribution in [0.1, 0.15) is 24.1 Å². The standard InChI is InChI=1S/C20H25N5O.HI/c1-21-20(24-15-17-8-4-5-12-22-17)23-13-6-10-19(26)25-14-11-16-7-2-3-9-18(16)25;/h2-5,7-9,12H,6,10-11,13-15H2,1H3,(H2,21,23,24);1H. The number of carbonyl (C=O) groups excluding carboxylic acids is 1. The first-order chi connectivity index (χ1) is 12.8. The van der Waals surface area contributed by atoms with Crippen LogP contribution in [0.3, 0.4) is 0 Å². The van der Waals surface area contributed by atoms with Gasteiger partial charge in [-0.3, -0.25) is 14.8 Å². The van der Waals surface area contributed by atoms with E-state index in [0.29, 0.717) is 19.5 Å². The van der Waals surface area contributed by atoms with Crippen molar-refractivity contribution < 1.29 is 4.79 Å². The van der Waals surface area contributed by atoms with Crippen molar-refractivity contribution in [2.45, 2.75) is 25.8 Å². The number of nitrogens with one attached hydrogen (secondary N) is 2. The van der Waals surface area contributed by atoms with Gasteiger partial charge in [0.15, 0.2) is 5.96 Å². The summed E-state index contributed by atoms with van der Waals surface area (Å²) < 4.78 is 0. The first-order valence-electron chi connectivity index (χ1n) is 9.00. The Bertz CT molecular complexity index is 766. The van der Waals surface area contributed by atoms with E-state index in [-0.39, 0.29) is 29.9 Å². The molecule has 2 N–H and O–H groups in total. The number of pyridine rings is 1. The number of anilines is 1. The lowest BCUT2D eigenvalue weighted by Crippen LogP contribution is -2.38. The highest BCUT2D eigenvalue weighted by molar-refractivity contribution is 14.0. The minimum atomic E-state index is 0. The molecule has 2 aromatic rings. The van der Waals surface area contributed by atoms with Crippen molar-refractivity contribution in [3.63, 3.8) is 0 Å². The predicted molar refractivity (Wildman–Crippen MR) is 120 cm³/mol. The molecule has 144 valence electrons. The van der Waals surface area contributed by atoms with Crippen LogP contribution < -0.4 is 15.5 Å². The Kier molecular flexibility index (Phi) is 8.50. The number of aliphatic imine (C=N–C) groups is 1. The lowest BCUT2D eigenvalue weighted by atomic mass is 10.2. The topological polar surface area (TPSA) is 69.6 Å². The zero-order valence-corrected chi connectivity index (χ0v) is 17.8. The molecule has 0 bridgehead atoms. The lowest BCUT2D eigenvalue weighted by Gasteiger charge is -2.17. The molecule has 0 saturated carbocycles. The smallest absolute Gasteiger partial charge is 0.227 e. The number of carbonyl (C=O) groups is 1. The van der Waals surface area contributed by atoms with E-state index in [1.807, 2.05) is 41.3 Å². The molecule has 2 heterocycles. The van der Waals surface area contributed by atoms with E-state index in [1.54, 1.807) is 13.2 Å². The second-order valence-corrected chi connectivity index (χ2v) is 6.20. The third-order valence-electron chi connectivity index (χ3n) is 4.43. The Labute approximate surface area is 177 Å². The van der Waals surface area contributed by atoms with Gasteiger partial charge in [-0.25, -0.2) is 0 Å². The number of aromatic nitrogens is 1. The minimum absolute atomic E-state index is 0. The van der Waals surface area contributed by atoms with Crippen LogP contribution in [-0.4, -0.2) is 37.0 Å². The van der Waals surface area contributed by atoms with Crippen molar-refractivity contribution in [2.24, 2.45) is 4.99 Å². The fourth-order valence-electron chi connectivity index (χ4n) is 3.08. The van der Waals surface area contributed by atoms with Crippen molar-refractivity contribution in [3.05, 3.63) is 59.9 Å². The molecule has 1 aliphatic rings. The minimum Gasteiger partial charge on any atom is -0.356 e. The van der Waals surface area contributed by atoms with E-state index in [0.717, 1.165) is 36.7 Å². The molecule has 0 fully saturated rings. The number of rotatable bonds is 6. The maximum atomic E-state index is 12.5. The second-order valence-electron chi connectivity index (χ2n) is 6.20. The zero-order valence-electron chi connectivity index (χ0n) is 15.5. The third kappa shape index (κ3) is 5.92.